The van der Waals surface area contributed by atoms with Gasteiger partial charge in [-0.3, -0.25) is 0 Å². The highest BCUT2D eigenvalue weighted by molar-refractivity contribution is 5.16. The topological polar surface area (TPSA) is 29.5 Å². The van der Waals surface area contributed by atoms with Crippen LogP contribution >= 0.6 is 0 Å². The average Bonchev–Trinajstić information content (AvgIpc) is 2.30. The van der Waals surface area contributed by atoms with E-state index in [0.717, 1.165) is 38.0 Å². The van der Waals surface area contributed by atoms with Gasteiger partial charge in [-0.05, 0) is 31.7 Å². The second kappa shape index (κ2) is 7.43. The molecule has 1 unspecified atom stereocenters. The quantitative estimate of drug-likeness (QED) is 0.698. The van der Waals surface area contributed by atoms with Crippen LogP contribution in [0.25, 0.3) is 0 Å². The van der Waals surface area contributed by atoms with Gasteiger partial charge in [-0.15, -0.1) is 0 Å². The van der Waals surface area contributed by atoms with E-state index in [1.807, 2.05) is 37.3 Å². The third-order valence-electron chi connectivity index (χ3n) is 2.40. The predicted octanol–water partition coefficient (Wildman–Crippen LogP) is 2.93. The van der Waals surface area contributed by atoms with E-state index in [0.29, 0.717) is 0 Å². The minimum atomic E-state index is -0.326. The first kappa shape index (κ1) is 12.2. The molecule has 84 valence electrons. The summed E-state index contributed by atoms with van der Waals surface area (Å²) in [5.74, 6) is 0. The SMILES string of the molecule is CCOCCCCC(O)c1ccccc1. The summed E-state index contributed by atoms with van der Waals surface area (Å²) in [5, 5.41) is 9.84. The highest BCUT2D eigenvalue weighted by Gasteiger charge is 2.05. The van der Waals surface area contributed by atoms with Gasteiger partial charge in [-0.2, -0.15) is 0 Å². The van der Waals surface area contributed by atoms with Crippen molar-refractivity contribution in [1.29, 1.82) is 0 Å². The van der Waals surface area contributed by atoms with Crippen LogP contribution in [0.1, 0.15) is 37.9 Å². The summed E-state index contributed by atoms with van der Waals surface area (Å²) in [4.78, 5) is 0. The molecule has 0 heterocycles. The second-order valence-electron chi connectivity index (χ2n) is 3.62. The number of hydrogen-bond donors (Lipinski definition) is 1. The normalized spacial score (nSPS) is 12.7. The highest BCUT2D eigenvalue weighted by atomic mass is 16.5. The molecule has 1 rings (SSSR count). The highest BCUT2D eigenvalue weighted by Crippen LogP contribution is 2.18. The zero-order valence-electron chi connectivity index (χ0n) is 9.36. The lowest BCUT2D eigenvalue weighted by molar-refractivity contribution is 0.129. The number of ether oxygens (including phenoxy) is 1. The first-order valence-corrected chi connectivity index (χ1v) is 5.65. The van der Waals surface area contributed by atoms with Gasteiger partial charge >= 0.3 is 0 Å². The fraction of sp³-hybridized carbons (Fsp3) is 0.538. The maximum Gasteiger partial charge on any atom is 0.0790 e. The van der Waals surface area contributed by atoms with E-state index in [-0.39, 0.29) is 6.10 Å². The first-order valence-electron chi connectivity index (χ1n) is 5.65. The molecule has 0 spiro atoms. The van der Waals surface area contributed by atoms with Crippen LogP contribution in [0.15, 0.2) is 30.3 Å². The van der Waals surface area contributed by atoms with Crippen molar-refractivity contribution in [2.75, 3.05) is 13.2 Å². The number of hydrogen-bond acceptors (Lipinski definition) is 2. The summed E-state index contributed by atoms with van der Waals surface area (Å²) >= 11 is 0. The van der Waals surface area contributed by atoms with Gasteiger partial charge in [-0.25, -0.2) is 0 Å². The molecule has 1 atom stereocenters. The molecule has 0 bridgehead atoms. The zero-order chi connectivity index (χ0) is 10.9. The molecule has 2 heteroatoms. The Bertz CT molecular complexity index is 246. The zero-order valence-corrected chi connectivity index (χ0v) is 9.36. The van der Waals surface area contributed by atoms with Gasteiger partial charge < -0.3 is 9.84 Å². The standard InChI is InChI=1S/C13H20O2/c1-2-15-11-7-6-10-13(14)12-8-4-3-5-9-12/h3-5,8-9,13-14H,2,6-7,10-11H2,1H3. The van der Waals surface area contributed by atoms with Crippen molar-refractivity contribution in [3.8, 4) is 0 Å². The van der Waals surface area contributed by atoms with Gasteiger partial charge in [0.1, 0.15) is 0 Å². The van der Waals surface area contributed by atoms with Gasteiger partial charge in [-0.1, -0.05) is 30.3 Å². The molecular weight excluding hydrogens is 188 g/mol. The van der Waals surface area contributed by atoms with Crippen molar-refractivity contribution < 1.29 is 9.84 Å². The summed E-state index contributed by atoms with van der Waals surface area (Å²) in [7, 11) is 0. The molecular formula is C13H20O2. The minimum absolute atomic E-state index is 0.326. The van der Waals surface area contributed by atoms with Crippen molar-refractivity contribution in [3.05, 3.63) is 35.9 Å². The Hall–Kier alpha value is -0.860. The summed E-state index contributed by atoms with van der Waals surface area (Å²) < 4.78 is 5.24. The van der Waals surface area contributed by atoms with Crippen molar-refractivity contribution >= 4 is 0 Å². The minimum Gasteiger partial charge on any atom is -0.388 e. The van der Waals surface area contributed by atoms with E-state index in [1.165, 1.54) is 0 Å². The van der Waals surface area contributed by atoms with E-state index >= 15 is 0 Å². The molecule has 1 aromatic rings. The molecule has 0 saturated heterocycles. The third kappa shape index (κ3) is 4.96. The molecule has 0 aliphatic rings. The Morgan fingerprint density at radius 2 is 1.93 bits per heavy atom. The molecule has 0 radical (unpaired) electrons. The Kier molecular flexibility index (Phi) is 6.05. The van der Waals surface area contributed by atoms with E-state index in [4.69, 9.17) is 4.74 Å². The third-order valence-corrected chi connectivity index (χ3v) is 2.40. The lowest BCUT2D eigenvalue weighted by Crippen LogP contribution is -1.99. The summed E-state index contributed by atoms with van der Waals surface area (Å²) in [5.41, 5.74) is 1.01. The molecule has 2 nitrogen and oxygen atoms in total. The van der Waals surface area contributed by atoms with Gasteiger partial charge in [0.2, 0.25) is 0 Å². The summed E-state index contributed by atoms with van der Waals surface area (Å²) in [6, 6.07) is 9.81. The van der Waals surface area contributed by atoms with E-state index in [9.17, 15) is 5.11 Å². The molecule has 1 aromatic carbocycles. The van der Waals surface area contributed by atoms with Crippen LogP contribution in [0.3, 0.4) is 0 Å². The van der Waals surface area contributed by atoms with Crippen LogP contribution in [-0.2, 0) is 4.74 Å². The van der Waals surface area contributed by atoms with Crippen LogP contribution in [0.2, 0.25) is 0 Å². The Balaban J connectivity index is 2.16. The van der Waals surface area contributed by atoms with Crippen LogP contribution in [0.4, 0.5) is 0 Å². The molecule has 0 fully saturated rings. The lowest BCUT2D eigenvalue weighted by atomic mass is 10.0. The number of rotatable bonds is 7. The lowest BCUT2D eigenvalue weighted by Gasteiger charge is -2.10. The van der Waals surface area contributed by atoms with Gasteiger partial charge in [0.05, 0.1) is 6.10 Å². The smallest absolute Gasteiger partial charge is 0.0790 e. The molecule has 0 amide bonds. The monoisotopic (exact) mass is 208 g/mol. The van der Waals surface area contributed by atoms with Crippen LogP contribution in [-0.4, -0.2) is 18.3 Å². The molecule has 0 aliphatic carbocycles. The van der Waals surface area contributed by atoms with Crippen molar-refractivity contribution in [2.24, 2.45) is 0 Å². The molecule has 0 aromatic heterocycles. The van der Waals surface area contributed by atoms with Gasteiger partial charge in [0.15, 0.2) is 0 Å². The van der Waals surface area contributed by atoms with E-state index in [1.54, 1.807) is 0 Å². The molecule has 0 saturated carbocycles. The Labute approximate surface area is 91.9 Å². The van der Waals surface area contributed by atoms with Crippen molar-refractivity contribution in [1.82, 2.24) is 0 Å². The Morgan fingerprint density at radius 1 is 1.20 bits per heavy atom. The largest absolute Gasteiger partial charge is 0.388 e. The maximum absolute atomic E-state index is 9.84. The van der Waals surface area contributed by atoms with E-state index in [2.05, 4.69) is 0 Å². The fourth-order valence-corrected chi connectivity index (χ4v) is 1.53. The van der Waals surface area contributed by atoms with Crippen molar-refractivity contribution in [2.45, 2.75) is 32.3 Å². The van der Waals surface area contributed by atoms with Crippen LogP contribution in [0.5, 0.6) is 0 Å². The first-order chi connectivity index (χ1) is 7.34. The number of benzene rings is 1. The fourth-order valence-electron chi connectivity index (χ4n) is 1.53. The maximum atomic E-state index is 9.84. The number of aliphatic hydroxyl groups excluding tert-OH is 1. The van der Waals surface area contributed by atoms with Crippen LogP contribution < -0.4 is 0 Å². The number of aliphatic hydroxyl groups is 1. The summed E-state index contributed by atoms with van der Waals surface area (Å²) in [6.45, 7) is 3.58. The van der Waals surface area contributed by atoms with Crippen molar-refractivity contribution in [3.63, 3.8) is 0 Å². The molecule has 1 N–H and O–H groups in total. The van der Waals surface area contributed by atoms with Crippen LogP contribution in [0, 0.1) is 0 Å². The molecule has 15 heavy (non-hydrogen) atoms. The average molecular weight is 208 g/mol. The van der Waals surface area contributed by atoms with Gasteiger partial charge in [0, 0.05) is 13.2 Å². The Morgan fingerprint density at radius 3 is 2.60 bits per heavy atom. The van der Waals surface area contributed by atoms with E-state index < -0.39 is 0 Å². The summed E-state index contributed by atoms with van der Waals surface area (Å²) in [6.07, 6.45) is 2.53. The second-order valence-corrected chi connectivity index (χ2v) is 3.62. The molecule has 0 aliphatic heterocycles. The predicted molar refractivity (Wildman–Crippen MR) is 61.7 cm³/mol. The number of unbranched alkanes of at least 4 members (excludes halogenated alkanes) is 1. The van der Waals surface area contributed by atoms with Gasteiger partial charge in [0.25, 0.3) is 0 Å².